The average molecular weight is 311 g/mol. The van der Waals surface area contributed by atoms with Gasteiger partial charge in [-0.2, -0.15) is 5.26 Å². The summed E-state index contributed by atoms with van der Waals surface area (Å²) in [6, 6.07) is 12.1. The molecule has 1 aliphatic rings. The van der Waals surface area contributed by atoms with Crippen LogP contribution in [0.4, 0.5) is 0 Å². The van der Waals surface area contributed by atoms with E-state index in [2.05, 4.69) is 16.4 Å². The Morgan fingerprint density at radius 2 is 1.95 bits per heavy atom. The van der Waals surface area contributed by atoms with Gasteiger partial charge >= 0.3 is 0 Å². The minimum Gasteiger partial charge on any atom is -0.332 e. The molecule has 1 saturated carbocycles. The summed E-state index contributed by atoms with van der Waals surface area (Å²) in [5.41, 5.74) is 0.676. The molecule has 112 valence electrons. The second-order valence-electron chi connectivity index (χ2n) is 5.61. The van der Waals surface area contributed by atoms with Gasteiger partial charge in [-0.1, -0.05) is 49.6 Å². The monoisotopic (exact) mass is 311 g/mol. The predicted molar refractivity (Wildman–Crippen MR) is 86.4 cm³/mol. The van der Waals surface area contributed by atoms with Gasteiger partial charge in [0, 0.05) is 10.9 Å². The number of rotatable bonds is 3. The van der Waals surface area contributed by atoms with E-state index in [1.807, 2.05) is 30.3 Å². The molecule has 0 saturated heterocycles. The van der Waals surface area contributed by atoms with E-state index in [9.17, 15) is 10.1 Å². The molecule has 1 aromatic heterocycles. The molecule has 0 aliphatic heterocycles. The third kappa shape index (κ3) is 3.02. The van der Waals surface area contributed by atoms with E-state index in [4.69, 9.17) is 0 Å². The zero-order valence-electron chi connectivity index (χ0n) is 12.2. The van der Waals surface area contributed by atoms with Crippen LogP contribution in [0.25, 0.3) is 10.6 Å². The number of nitrogens with zero attached hydrogens (tertiary/aromatic N) is 2. The Labute approximate surface area is 133 Å². The van der Waals surface area contributed by atoms with Crippen molar-refractivity contribution in [3.8, 4) is 16.6 Å². The van der Waals surface area contributed by atoms with Crippen LogP contribution in [-0.4, -0.2) is 16.4 Å². The molecule has 1 fully saturated rings. The fourth-order valence-electron chi connectivity index (χ4n) is 2.79. The first kappa shape index (κ1) is 14.7. The number of aromatic nitrogens is 1. The van der Waals surface area contributed by atoms with Gasteiger partial charge in [0.25, 0.3) is 5.91 Å². The lowest BCUT2D eigenvalue weighted by atomic mass is 9.83. The summed E-state index contributed by atoms with van der Waals surface area (Å²) in [6.07, 6.45) is 4.56. The van der Waals surface area contributed by atoms with Crippen molar-refractivity contribution in [1.82, 2.24) is 10.3 Å². The molecule has 0 unspecified atom stereocenters. The van der Waals surface area contributed by atoms with E-state index in [0.29, 0.717) is 5.69 Å². The van der Waals surface area contributed by atoms with E-state index in [1.165, 1.54) is 11.3 Å². The number of nitrogens with one attached hydrogen (secondary N) is 1. The van der Waals surface area contributed by atoms with Crippen LogP contribution >= 0.6 is 11.3 Å². The first-order valence-electron chi connectivity index (χ1n) is 7.47. The number of hydrogen-bond acceptors (Lipinski definition) is 4. The van der Waals surface area contributed by atoms with Gasteiger partial charge in [0.2, 0.25) is 0 Å². The summed E-state index contributed by atoms with van der Waals surface area (Å²) in [6.45, 7) is 0. The molecule has 1 aliphatic carbocycles. The fraction of sp³-hybridized carbons (Fsp3) is 0.353. The third-order valence-electron chi connectivity index (χ3n) is 4.03. The smallest absolute Gasteiger partial charge is 0.272 e. The third-order valence-corrected chi connectivity index (χ3v) is 4.92. The summed E-state index contributed by atoms with van der Waals surface area (Å²) in [5.74, 6) is -0.248. The fourth-order valence-corrected chi connectivity index (χ4v) is 3.60. The molecule has 1 amide bonds. The van der Waals surface area contributed by atoms with Crippen LogP contribution in [-0.2, 0) is 0 Å². The van der Waals surface area contributed by atoms with Crippen molar-refractivity contribution < 1.29 is 4.79 Å². The lowest BCUT2D eigenvalue weighted by Gasteiger charge is -2.31. The van der Waals surface area contributed by atoms with Crippen LogP contribution in [0, 0.1) is 11.3 Å². The highest BCUT2D eigenvalue weighted by Crippen LogP contribution is 2.28. The van der Waals surface area contributed by atoms with Crippen molar-refractivity contribution in [3.63, 3.8) is 0 Å². The molecule has 0 atom stereocenters. The van der Waals surface area contributed by atoms with Crippen LogP contribution < -0.4 is 5.32 Å². The zero-order chi connectivity index (χ0) is 15.4. The summed E-state index contributed by atoms with van der Waals surface area (Å²) >= 11 is 1.44. The average Bonchev–Trinajstić information content (AvgIpc) is 3.07. The summed E-state index contributed by atoms with van der Waals surface area (Å²) in [4.78, 5) is 16.8. The van der Waals surface area contributed by atoms with Crippen LogP contribution in [0.1, 0.15) is 42.6 Å². The van der Waals surface area contributed by atoms with Gasteiger partial charge in [0.1, 0.15) is 16.2 Å². The maximum absolute atomic E-state index is 12.4. The Balaban J connectivity index is 1.76. The molecule has 3 rings (SSSR count). The minimum atomic E-state index is -0.716. The van der Waals surface area contributed by atoms with Gasteiger partial charge in [-0.25, -0.2) is 4.98 Å². The Morgan fingerprint density at radius 3 is 2.64 bits per heavy atom. The van der Waals surface area contributed by atoms with Crippen molar-refractivity contribution >= 4 is 17.2 Å². The van der Waals surface area contributed by atoms with E-state index in [1.54, 1.807) is 5.38 Å². The van der Waals surface area contributed by atoms with Gasteiger partial charge in [-0.15, -0.1) is 11.3 Å². The van der Waals surface area contributed by atoms with Gasteiger partial charge in [-0.3, -0.25) is 4.79 Å². The van der Waals surface area contributed by atoms with Gasteiger partial charge in [0.15, 0.2) is 0 Å². The molecule has 22 heavy (non-hydrogen) atoms. The van der Waals surface area contributed by atoms with Crippen LogP contribution in [0.3, 0.4) is 0 Å². The minimum absolute atomic E-state index is 0.248. The normalized spacial score (nSPS) is 16.7. The maximum Gasteiger partial charge on any atom is 0.272 e. The van der Waals surface area contributed by atoms with E-state index in [0.717, 1.165) is 42.7 Å². The summed E-state index contributed by atoms with van der Waals surface area (Å²) in [7, 11) is 0. The lowest BCUT2D eigenvalue weighted by molar-refractivity contribution is 0.0898. The second kappa shape index (κ2) is 6.29. The Bertz CT molecular complexity index is 696. The van der Waals surface area contributed by atoms with E-state index in [-0.39, 0.29) is 5.91 Å². The maximum atomic E-state index is 12.4. The Hall–Kier alpha value is -2.19. The Morgan fingerprint density at radius 1 is 1.23 bits per heavy atom. The molecule has 1 N–H and O–H groups in total. The van der Waals surface area contributed by atoms with E-state index >= 15 is 0 Å². The molecule has 0 bridgehead atoms. The molecule has 5 heteroatoms. The quantitative estimate of drug-likeness (QED) is 0.938. The largest absolute Gasteiger partial charge is 0.332 e. The number of hydrogen-bond donors (Lipinski definition) is 1. The van der Waals surface area contributed by atoms with Crippen molar-refractivity contribution in [2.75, 3.05) is 0 Å². The second-order valence-corrected chi connectivity index (χ2v) is 6.47. The molecule has 4 nitrogen and oxygen atoms in total. The molecule has 0 spiro atoms. The van der Waals surface area contributed by atoms with Crippen molar-refractivity contribution in [1.29, 1.82) is 5.26 Å². The van der Waals surface area contributed by atoms with Gasteiger partial charge in [0.05, 0.1) is 6.07 Å². The lowest BCUT2D eigenvalue weighted by Crippen LogP contribution is -2.48. The number of benzene rings is 1. The number of carbonyl (C=O) groups excluding carboxylic acids is 1. The number of amides is 1. The van der Waals surface area contributed by atoms with Crippen LogP contribution in [0.2, 0.25) is 0 Å². The molecule has 1 heterocycles. The molecular formula is C17H17N3OS. The zero-order valence-corrected chi connectivity index (χ0v) is 13.0. The van der Waals surface area contributed by atoms with Gasteiger partial charge in [-0.05, 0) is 12.8 Å². The van der Waals surface area contributed by atoms with Gasteiger partial charge < -0.3 is 5.32 Å². The topological polar surface area (TPSA) is 65.8 Å². The first-order valence-corrected chi connectivity index (χ1v) is 8.35. The number of thiazole rings is 1. The molecule has 2 aromatic rings. The number of nitriles is 1. The van der Waals surface area contributed by atoms with Crippen molar-refractivity contribution in [3.05, 3.63) is 41.4 Å². The van der Waals surface area contributed by atoms with Crippen LogP contribution in [0.5, 0.6) is 0 Å². The summed E-state index contributed by atoms with van der Waals surface area (Å²) < 4.78 is 0. The number of carbonyl (C=O) groups is 1. The summed E-state index contributed by atoms with van der Waals surface area (Å²) in [5, 5.41) is 14.9. The molecule has 0 radical (unpaired) electrons. The standard InChI is InChI=1S/C17H17N3OS/c18-12-17(9-5-2-6-10-17)20-15(21)14-11-22-16(19-14)13-7-3-1-4-8-13/h1,3-4,7-8,11H,2,5-6,9-10H2,(H,20,21). The van der Waals surface area contributed by atoms with Crippen molar-refractivity contribution in [2.24, 2.45) is 0 Å². The highest BCUT2D eigenvalue weighted by molar-refractivity contribution is 7.13. The SMILES string of the molecule is N#CC1(NC(=O)c2csc(-c3ccccc3)n2)CCCCC1. The first-order chi connectivity index (χ1) is 10.7. The van der Waals surface area contributed by atoms with Crippen LogP contribution in [0.15, 0.2) is 35.7 Å². The van der Waals surface area contributed by atoms with Crippen molar-refractivity contribution in [2.45, 2.75) is 37.6 Å². The van der Waals surface area contributed by atoms with E-state index < -0.39 is 5.54 Å². The highest BCUT2D eigenvalue weighted by atomic mass is 32.1. The molecule has 1 aromatic carbocycles. The Kier molecular flexibility index (Phi) is 4.21. The molecular weight excluding hydrogens is 294 g/mol. The predicted octanol–water partition coefficient (Wildman–Crippen LogP) is 3.77. The highest BCUT2D eigenvalue weighted by Gasteiger charge is 2.34.